The van der Waals surface area contributed by atoms with E-state index in [1.165, 1.54) is 0 Å². The average Bonchev–Trinajstić information content (AvgIpc) is 2.94. The summed E-state index contributed by atoms with van der Waals surface area (Å²) in [6.07, 6.45) is 1.85. The third-order valence-corrected chi connectivity index (χ3v) is 3.96. The van der Waals surface area contributed by atoms with Crippen molar-refractivity contribution in [2.24, 2.45) is 0 Å². The fourth-order valence-electron chi connectivity index (χ4n) is 1.87. The second kappa shape index (κ2) is 6.71. The number of thioether (sulfide) groups is 1. The topological polar surface area (TPSA) is 68.8 Å². The van der Waals surface area contributed by atoms with Crippen molar-refractivity contribution in [1.82, 2.24) is 25.2 Å². The lowest BCUT2D eigenvalue weighted by Crippen LogP contribution is -2.12. The molecule has 108 valence electrons. The number of rotatable bonds is 7. The minimum atomic E-state index is 0.687. The Kier molecular flexibility index (Phi) is 4.97. The van der Waals surface area contributed by atoms with Crippen LogP contribution >= 0.6 is 11.8 Å². The molecule has 0 unspecified atom stereocenters. The van der Waals surface area contributed by atoms with Crippen LogP contribution in [-0.4, -0.2) is 27.0 Å². The van der Waals surface area contributed by atoms with Crippen molar-refractivity contribution in [2.45, 2.75) is 37.8 Å². The largest absolute Gasteiger partial charge is 0.361 e. The van der Waals surface area contributed by atoms with Crippen molar-refractivity contribution >= 4 is 11.8 Å². The SMILES string of the molecule is C=CCn1c(CNC)nnc1SCc1c(C)noc1C. The molecule has 0 saturated heterocycles. The molecular weight excluding hydrogens is 274 g/mol. The van der Waals surface area contributed by atoms with E-state index in [0.29, 0.717) is 13.1 Å². The highest BCUT2D eigenvalue weighted by Crippen LogP contribution is 2.25. The van der Waals surface area contributed by atoms with Gasteiger partial charge in [0, 0.05) is 17.9 Å². The van der Waals surface area contributed by atoms with Crippen LogP contribution in [0.25, 0.3) is 0 Å². The van der Waals surface area contributed by atoms with E-state index < -0.39 is 0 Å². The van der Waals surface area contributed by atoms with Crippen LogP contribution in [0.15, 0.2) is 22.3 Å². The number of aryl methyl sites for hydroxylation is 2. The van der Waals surface area contributed by atoms with Crippen molar-refractivity contribution in [3.05, 3.63) is 35.5 Å². The van der Waals surface area contributed by atoms with Crippen LogP contribution in [0.5, 0.6) is 0 Å². The molecule has 2 heterocycles. The molecule has 2 aromatic heterocycles. The molecule has 0 saturated carbocycles. The Bertz CT molecular complexity index is 570. The number of nitrogens with one attached hydrogen (secondary N) is 1. The minimum absolute atomic E-state index is 0.687. The van der Waals surface area contributed by atoms with Crippen molar-refractivity contribution in [3.8, 4) is 0 Å². The highest BCUT2D eigenvalue weighted by molar-refractivity contribution is 7.98. The predicted octanol–water partition coefficient (Wildman–Crippen LogP) is 2.08. The first kappa shape index (κ1) is 14.8. The fourth-order valence-corrected chi connectivity index (χ4v) is 2.99. The van der Waals surface area contributed by atoms with E-state index in [4.69, 9.17) is 4.52 Å². The molecular formula is C13H19N5OS. The first-order chi connectivity index (χ1) is 9.67. The van der Waals surface area contributed by atoms with E-state index in [1.807, 2.05) is 27.0 Å². The summed E-state index contributed by atoms with van der Waals surface area (Å²) in [4.78, 5) is 0. The number of aromatic nitrogens is 4. The molecule has 0 aromatic carbocycles. The van der Waals surface area contributed by atoms with Crippen LogP contribution in [-0.2, 0) is 18.8 Å². The van der Waals surface area contributed by atoms with Gasteiger partial charge in [0.05, 0.1) is 12.2 Å². The Morgan fingerprint density at radius 2 is 2.20 bits per heavy atom. The zero-order valence-electron chi connectivity index (χ0n) is 12.0. The summed E-state index contributed by atoms with van der Waals surface area (Å²) in [7, 11) is 1.89. The molecule has 0 radical (unpaired) electrons. The van der Waals surface area contributed by atoms with Gasteiger partial charge in [0.1, 0.15) is 11.6 Å². The number of hydrogen-bond acceptors (Lipinski definition) is 6. The van der Waals surface area contributed by atoms with Crippen molar-refractivity contribution < 1.29 is 4.52 Å². The summed E-state index contributed by atoms with van der Waals surface area (Å²) in [5.41, 5.74) is 2.05. The van der Waals surface area contributed by atoms with E-state index >= 15 is 0 Å². The molecule has 0 amide bonds. The standard InChI is InChI=1S/C13H19N5OS/c1-5-6-18-12(7-14-4)15-16-13(18)20-8-11-9(2)17-19-10(11)3/h5,14H,1,6-8H2,2-4H3. The summed E-state index contributed by atoms with van der Waals surface area (Å²) >= 11 is 1.63. The van der Waals surface area contributed by atoms with Crippen LogP contribution < -0.4 is 5.32 Å². The maximum absolute atomic E-state index is 5.17. The zero-order valence-corrected chi connectivity index (χ0v) is 12.8. The third kappa shape index (κ3) is 3.10. The maximum Gasteiger partial charge on any atom is 0.191 e. The van der Waals surface area contributed by atoms with Gasteiger partial charge in [0.25, 0.3) is 0 Å². The van der Waals surface area contributed by atoms with Gasteiger partial charge >= 0.3 is 0 Å². The van der Waals surface area contributed by atoms with E-state index in [1.54, 1.807) is 11.8 Å². The van der Waals surface area contributed by atoms with Gasteiger partial charge in [0.15, 0.2) is 5.16 Å². The minimum Gasteiger partial charge on any atom is -0.361 e. The monoisotopic (exact) mass is 293 g/mol. The van der Waals surface area contributed by atoms with Gasteiger partial charge in [0.2, 0.25) is 0 Å². The normalized spacial score (nSPS) is 10.9. The van der Waals surface area contributed by atoms with Gasteiger partial charge < -0.3 is 14.4 Å². The summed E-state index contributed by atoms with van der Waals surface area (Å²) in [5.74, 6) is 2.55. The first-order valence-electron chi connectivity index (χ1n) is 6.39. The Labute approximate surface area is 122 Å². The van der Waals surface area contributed by atoms with E-state index in [0.717, 1.165) is 33.8 Å². The van der Waals surface area contributed by atoms with Crippen LogP contribution in [0.4, 0.5) is 0 Å². The third-order valence-electron chi connectivity index (χ3n) is 2.97. The highest BCUT2D eigenvalue weighted by Gasteiger charge is 2.14. The molecule has 0 aliphatic heterocycles. The second-order valence-corrected chi connectivity index (χ2v) is 5.36. The van der Waals surface area contributed by atoms with Gasteiger partial charge in [-0.1, -0.05) is 23.0 Å². The van der Waals surface area contributed by atoms with Crippen molar-refractivity contribution in [1.29, 1.82) is 0 Å². The molecule has 20 heavy (non-hydrogen) atoms. The molecule has 6 nitrogen and oxygen atoms in total. The second-order valence-electron chi connectivity index (χ2n) is 4.42. The molecule has 2 aromatic rings. The molecule has 0 aliphatic carbocycles. The zero-order chi connectivity index (χ0) is 14.5. The quantitative estimate of drug-likeness (QED) is 0.622. The Hall–Kier alpha value is -1.60. The van der Waals surface area contributed by atoms with Crippen LogP contribution in [0, 0.1) is 13.8 Å². The lowest BCUT2D eigenvalue weighted by atomic mass is 10.2. The Balaban J connectivity index is 2.14. The Morgan fingerprint density at radius 1 is 1.40 bits per heavy atom. The molecule has 0 spiro atoms. The molecule has 0 bridgehead atoms. The molecule has 1 N–H and O–H groups in total. The van der Waals surface area contributed by atoms with Gasteiger partial charge in [-0.05, 0) is 20.9 Å². The summed E-state index contributed by atoms with van der Waals surface area (Å²) < 4.78 is 7.23. The number of nitrogens with zero attached hydrogens (tertiary/aromatic N) is 4. The summed E-state index contributed by atoms with van der Waals surface area (Å²) in [5, 5.41) is 16.4. The van der Waals surface area contributed by atoms with Gasteiger partial charge in [-0.3, -0.25) is 0 Å². The number of hydrogen-bond donors (Lipinski definition) is 1. The Morgan fingerprint density at radius 3 is 2.80 bits per heavy atom. The predicted molar refractivity (Wildman–Crippen MR) is 78.5 cm³/mol. The van der Waals surface area contributed by atoms with Crippen molar-refractivity contribution in [3.63, 3.8) is 0 Å². The number of allylic oxidation sites excluding steroid dienone is 1. The van der Waals surface area contributed by atoms with Crippen LogP contribution in [0.3, 0.4) is 0 Å². The molecule has 0 aliphatic rings. The van der Waals surface area contributed by atoms with E-state index in [-0.39, 0.29) is 0 Å². The average molecular weight is 293 g/mol. The van der Waals surface area contributed by atoms with E-state index in [9.17, 15) is 0 Å². The first-order valence-corrected chi connectivity index (χ1v) is 7.38. The van der Waals surface area contributed by atoms with Crippen molar-refractivity contribution in [2.75, 3.05) is 7.05 Å². The van der Waals surface area contributed by atoms with E-state index in [2.05, 4.69) is 31.8 Å². The molecule has 0 atom stereocenters. The smallest absolute Gasteiger partial charge is 0.191 e. The lowest BCUT2D eigenvalue weighted by molar-refractivity contribution is 0.392. The molecule has 0 fully saturated rings. The van der Waals surface area contributed by atoms with Gasteiger partial charge in [-0.25, -0.2) is 0 Å². The highest BCUT2D eigenvalue weighted by atomic mass is 32.2. The van der Waals surface area contributed by atoms with Gasteiger partial charge in [-0.15, -0.1) is 16.8 Å². The molecule has 7 heteroatoms. The van der Waals surface area contributed by atoms with Crippen LogP contribution in [0.1, 0.15) is 22.8 Å². The van der Waals surface area contributed by atoms with Gasteiger partial charge in [-0.2, -0.15) is 0 Å². The lowest BCUT2D eigenvalue weighted by Gasteiger charge is -2.07. The maximum atomic E-state index is 5.17. The summed E-state index contributed by atoms with van der Waals surface area (Å²) in [6, 6.07) is 0. The summed E-state index contributed by atoms with van der Waals surface area (Å²) in [6.45, 7) is 9.05. The fraction of sp³-hybridized carbons (Fsp3) is 0.462. The molecule has 2 rings (SSSR count). The van der Waals surface area contributed by atoms with Crippen LogP contribution in [0.2, 0.25) is 0 Å².